The minimum Gasteiger partial charge on any atom is -0.324 e. The van der Waals surface area contributed by atoms with Gasteiger partial charge in [0.05, 0.1) is 0 Å². The highest BCUT2D eigenvalue weighted by atomic mass is 16.1. The Bertz CT molecular complexity index is 1460. The first-order valence-corrected chi connectivity index (χ1v) is 11.9. The molecule has 0 saturated heterocycles. The molecule has 1 saturated carbocycles. The van der Waals surface area contributed by atoms with E-state index in [1.54, 1.807) is 17.1 Å². The topological polar surface area (TPSA) is 103 Å². The van der Waals surface area contributed by atoms with Crippen LogP contribution in [0.5, 0.6) is 0 Å². The van der Waals surface area contributed by atoms with Crippen molar-refractivity contribution in [3.05, 3.63) is 64.0 Å². The molecule has 3 aromatic heterocycles. The second kappa shape index (κ2) is 7.73. The number of anilines is 2. The molecule has 0 spiro atoms. The maximum absolute atomic E-state index is 13.3. The van der Waals surface area contributed by atoms with Crippen LogP contribution in [0, 0.1) is 0 Å². The van der Waals surface area contributed by atoms with Gasteiger partial charge in [-0.25, -0.2) is 24.3 Å². The fourth-order valence-electron chi connectivity index (χ4n) is 4.60. The summed E-state index contributed by atoms with van der Waals surface area (Å²) in [6.45, 7) is 8.01. The molecule has 0 amide bonds. The summed E-state index contributed by atoms with van der Waals surface area (Å²) >= 11 is 0. The van der Waals surface area contributed by atoms with Gasteiger partial charge >= 0.3 is 0 Å². The van der Waals surface area contributed by atoms with E-state index in [4.69, 9.17) is 9.97 Å². The van der Waals surface area contributed by atoms with Gasteiger partial charge in [-0.1, -0.05) is 13.0 Å². The molecule has 1 aliphatic carbocycles. The number of hydrogen-bond donors (Lipinski definition) is 2. The summed E-state index contributed by atoms with van der Waals surface area (Å²) < 4.78 is 3.50. The molecule has 0 radical (unpaired) electrons. The normalized spacial score (nSPS) is 16.6. The van der Waals surface area contributed by atoms with Crippen molar-refractivity contribution in [1.29, 1.82) is 0 Å². The number of nitrogens with one attached hydrogen (secondary N) is 2. The summed E-state index contributed by atoms with van der Waals surface area (Å²) in [5.74, 6) is 1.90. The number of benzene rings is 1. The van der Waals surface area contributed by atoms with Crippen LogP contribution in [0.1, 0.15) is 56.6 Å². The molecule has 4 aromatic rings. The van der Waals surface area contributed by atoms with Crippen LogP contribution in [0.25, 0.3) is 16.9 Å². The Morgan fingerprint density at radius 2 is 1.97 bits per heavy atom. The first-order chi connectivity index (χ1) is 16.4. The minimum atomic E-state index is -0.129. The summed E-state index contributed by atoms with van der Waals surface area (Å²) in [6, 6.07) is 8.08. The zero-order valence-corrected chi connectivity index (χ0v) is 19.7. The fourth-order valence-corrected chi connectivity index (χ4v) is 4.60. The van der Waals surface area contributed by atoms with E-state index in [1.165, 1.54) is 11.1 Å². The minimum absolute atomic E-state index is 0.0194. The van der Waals surface area contributed by atoms with Gasteiger partial charge in [-0.3, -0.25) is 4.79 Å². The third-order valence-electron chi connectivity index (χ3n) is 6.86. The lowest BCUT2D eigenvalue weighted by atomic mass is 10.0. The van der Waals surface area contributed by atoms with E-state index in [-0.39, 0.29) is 17.0 Å². The summed E-state index contributed by atoms with van der Waals surface area (Å²) in [7, 11) is 0. The van der Waals surface area contributed by atoms with Crippen LogP contribution >= 0.6 is 0 Å². The highest BCUT2D eigenvalue weighted by molar-refractivity contribution is 5.77. The van der Waals surface area contributed by atoms with E-state index >= 15 is 0 Å². The van der Waals surface area contributed by atoms with E-state index in [1.807, 2.05) is 30.7 Å². The standard InChI is InChI=1S/C25H28N8O/c1-15(2)32-22(34)19-14-28-24(29-18-5-4-17-13-26-10-6-16(17)12-18)31-21(19)33(32)20-7-11-27-23(30-20)25(3)8-9-25/h4-5,7,11-12,14-15,26H,6,8-10,13H2,1-3H3,(H,28,29,31). The number of aromatic nitrogens is 6. The number of nitrogens with zero attached hydrogens (tertiary/aromatic N) is 6. The van der Waals surface area contributed by atoms with Crippen LogP contribution in [-0.4, -0.2) is 35.8 Å². The van der Waals surface area contributed by atoms with E-state index in [0.717, 1.165) is 43.9 Å². The third-order valence-corrected chi connectivity index (χ3v) is 6.86. The maximum Gasteiger partial charge on any atom is 0.278 e. The van der Waals surface area contributed by atoms with Gasteiger partial charge in [0.15, 0.2) is 11.5 Å². The van der Waals surface area contributed by atoms with Gasteiger partial charge in [-0.05, 0) is 62.9 Å². The first kappa shape index (κ1) is 21.0. The van der Waals surface area contributed by atoms with Crippen molar-refractivity contribution in [2.75, 3.05) is 11.9 Å². The third kappa shape index (κ3) is 3.47. The van der Waals surface area contributed by atoms with Crippen LogP contribution in [0.2, 0.25) is 0 Å². The number of fused-ring (bicyclic) bond motifs is 2. The lowest BCUT2D eigenvalue weighted by Crippen LogP contribution is -2.25. The molecule has 9 heteroatoms. The average molecular weight is 457 g/mol. The molecule has 6 rings (SSSR count). The van der Waals surface area contributed by atoms with Crippen LogP contribution < -0.4 is 16.2 Å². The van der Waals surface area contributed by atoms with Gasteiger partial charge in [0.25, 0.3) is 5.56 Å². The van der Waals surface area contributed by atoms with Gasteiger partial charge in [0.1, 0.15) is 11.2 Å². The molecule has 0 unspecified atom stereocenters. The summed E-state index contributed by atoms with van der Waals surface area (Å²) in [5, 5.41) is 7.19. The zero-order chi connectivity index (χ0) is 23.4. The van der Waals surface area contributed by atoms with E-state index in [9.17, 15) is 4.79 Å². The smallest absolute Gasteiger partial charge is 0.278 e. The van der Waals surface area contributed by atoms with Gasteiger partial charge in [-0.2, -0.15) is 4.98 Å². The molecular weight excluding hydrogens is 428 g/mol. The summed E-state index contributed by atoms with van der Waals surface area (Å²) in [5.41, 5.74) is 4.00. The Morgan fingerprint density at radius 1 is 1.12 bits per heavy atom. The molecule has 1 aliphatic heterocycles. The molecule has 2 aliphatic rings. The molecule has 174 valence electrons. The molecule has 34 heavy (non-hydrogen) atoms. The zero-order valence-electron chi connectivity index (χ0n) is 19.7. The highest BCUT2D eigenvalue weighted by Gasteiger charge is 2.42. The van der Waals surface area contributed by atoms with Crippen LogP contribution in [0.4, 0.5) is 11.6 Å². The molecule has 0 atom stereocenters. The number of rotatable bonds is 5. The Morgan fingerprint density at radius 3 is 2.76 bits per heavy atom. The van der Waals surface area contributed by atoms with Crippen molar-refractivity contribution in [1.82, 2.24) is 34.6 Å². The highest BCUT2D eigenvalue weighted by Crippen LogP contribution is 2.45. The average Bonchev–Trinajstić information content (AvgIpc) is 3.53. The summed E-state index contributed by atoms with van der Waals surface area (Å²) in [6.07, 6.45) is 6.52. The first-order valence-electron chi connectivity index (χ1n) is 11.9. The second-order valence-electron chi connectivity index (χ2n) is 9.82. The van der Waals surface area contributed by atoms with Gasteiger partial charge in [0.2, 0.25) is 5.95 Å². The second-order valence-corrected chi connectivity index (χ2v) is 9.82. The lowest BCUT2D eigenvalue weighted by Gasteiger charge is -2.18. The van der Waals surface area contributed by atoms with Crippen LogP contribution in [-0.2, 0) is 18.4 Å². The molecule has 4 heterocycles. The van der Waals surface area contributed by atoms with Gasteiger partial charge in [0, 0.05) is 42.1 Å². The Kier molecular flexibility index (Phi) is 4.77. The molecular formula is C25H28N8O. The number of hydrogen-bond acceptors (Lipinski definition) is 7. The molecule has 9 nitrogen and oxygen atoms in total. The Balaban J connectivity index is 1.46. The van der Waals surface area contributed by atoms with E-state index < -0.39 is 0 Å². The molecule has 2 N–H and O–H groups in total. The van der Waals surface area contributed by atoms with Gasteiger partial charge < -0.3 is 10.6 Å². The molecule has 1 aromatic carbocycles. The Hall–Kier alpha value is -3.59. The summed E-state index contributed by atoms with van der Waals surface area (Å²) in [4.78, 5) is 31.9. The predicted molar refractivity (Wildman–Crippen MR) is 131 cm³/mol. The quantitative estimate of drug-likeness (QED) is 0.474. The lowest BCUT2D eigenvalue weighted by molar-refractivity contribution is 0.470. The van der Waals surface area contributed by atoms with Crippen molar-refractivity contribution in [3.8, 4) is 5.82 Å². The van der Waals surface area contributed by atoms with Crippen LogP contribution in [0.3, 0.4) is 0 Å². The van der Waals surface area contributed by atoms with Crippen molar-refractivity contribution in [3.63, 3.8) is 0 Å². The SMILES string of the molecule is CC(C)n1c(=O)c2cnc(Nc3ccc4c(c3)CCNC4)nc2n1-c1ccnc(C2(C)CC2)n1. The van der Waals surface area contributed by atoms with Crippen molar-refractivity contribution >= 4 is 22.7 Å². The fraction of sp³-hybridized carbons (Fsp3) is 0.400. The van der Waals surface area contributed by atoms with E-state index in [0.29, 0.717) is 22.8 Å². The van der Waals surface area contributed by atoms with Crippen molar-refractivity contribution in [2.24, 2.45) is 0 Å². The predicted octanol–water partition coefficient (Wildman–Crippen LogP) is 3.39. The molecule has 0 bridgehead atoms. The van der Waals surface area contributed by atoms with Crippen molar-refractivity contribution < 1.29 is 0 Å². The monoisotopic (exact) mass is 456 g/mol. The largest absolute Gasteiger partial charge is 0.324 e. The van der Waals surface area contributed by atoms with Crippen LogP contribution in [0.15, 0.2) is 41.5 Å². The molecule has 1 fully saturated rings. The van der Waals surface area contributed by atoms with Gasteiger partial charge in [-0.15, -0.1) is 0 Å². The Labute approximate surface area is 197 Å². The van der Waals surface area contributed by atoms with E-state index in [2.05, 4.69) is 39.7 Å². The maximum atomic E-state index is 13.3. The van der Waals surface area contributed by atoms with Crippen molar-refractivity contribution in [2.45, 2.75) is 58.0 Å².